The standard InChI is InChI=1S/C26H20N2O2S4/c1-3-27-23(29)21(33-25(27)31)13-19-15-9-5-7-11-17(15)20(18-12-8-6-10-16(18)19)14-22-24(30)28(4-2)26(32)34-22/h5-14H,3-4H2,1-2H3/b21-13-,22-14-. The van der Waals surface area contributed by atoms with E-state index in [4.69, 9.17) is 24.4 Å². The Morgan fingerprint density at radius 2 is 1.00 bits per heavy atom. The van der Waals surface area contributed by atoms with E-state index < -0.39 is 0 Å². The molecule has 2 amide bonds. The van der Waals surface area contributed by atoms with Gasteiger partial charge in [-0.3, -0.25) is 19.4 Å². The van der Waals surface area contributed by atoms with Crippen molar-refractivity contribution in [3.63, 3.8) is 0 Å². The number of thioether (sulfide) groups is 2. The molecule has 3 aromatic carbocycles. The maximum Gasteiger partial charge on any atom is 0.266 e. The first-order valence-corrected chi connectivity index (χ1v) is 13.3. The number of benzene rings is 3. The van der Waals surface area contributed by atoms with E-state index in [1.165, 1.54) is 23.5 Å². The third-order valence-electron chi connectivity index (χ3n) is 5.95. The molecule has 0 N–H and O–H groups in total. The molecule has 8 heteroatoms. The molecule has 0 radical (unpaired) electrons. The summed E-state index contributed by atoms with van der Waals surface area (Å²) in [6.45, 7) is 4.96. The SMILES string of the molecule is CCN1C(=O)/C(=C/c2c3ccccc3c(/C=C3\SC(=S)N(CC)C3=O)c3ccccc23)SC1=S. The van der Waals surface area contributed by atoms with E-state index in [0.29, 0.717) is 31.5 Å². The molecule has 2 heterocycles. The lowest BCUT2D eigenvalue weighted by atomic mass is 9.91. The Balaban J connectivity index is 1.77. The van der Waals surface area contributed by atoms with Gasteiger partial charge in [-0.2, -0.15) is 0 Å². The largest absolute Gasteiger partial charge is 0.293 e. The average molecular weight is 521 g/mol. The summed E-state index contributed by atoms with van der Waals surface area (Å²) in [5.41, 5.74) is 1.95. The molecule has 0 atom stereocenters. The zero-order valence-electron chi connectivity index (χ0n) is 18.5. The topological polar surface area (TPSA) is 40.6 Å². The molecule has 0 aliphatic carbocycles. The van der Waals surface area contributed by atoms with Gasteiger partial charge < -0.3 is 0 Å². The van der Waals surface area contributed by atoms with Gasteiger partial charge in [0.25, 0.3) is 11.8 Å². The number of carbonyl (C=O) groups is 2. The molecule has 2 fully saturated rings. The Bertz CT molecular complexity index is 1310. The number of rotatable bonds is 4. The smallest absolute Gasteiger partial charge is 0.266 e. The lowest BCUT2D eigenvalue weighted by Gasteiger charge is -2.14. The van der Waals surface area contributed by atoms with Gasteiger partial charge in [0, 0.05) is 13.1 Å². The molecule has 0 bridgehead atoms. The quantitative estimate of drug-likeness (QED) is 0.224. The van der Waals surface area contributed by atoms with Crippen LogP contribution in [0.3, 0.4) is 0 Å². The van der Waals surface area contributed by atoms with Crippen molar-refractivity contribution in [1.29, 1.82) is 0 Å². The fraction of sp³-hybridized carbons (Fsp3) is 0.154. The summed E-state index contributed by atoms with van der Waals surface area (Å²) < 4.78 is 1.17. The highest BCUT2D eigenvalue weighted by atomic mass is 32.2. The number of amides is 2. The molecule has 3 aromatic rings. The Morgan fingerprint density at radius 3 is 1.26 bits per heavy atom. The normalized spacial score (nSPS) is 19.1. The van der Waals surface area contributed by atoms with E-state index in [0.717, 1.165) is 32.7 Å². The Kier molecular flexibility index (Phi) is 6.33. The fourth-order valence-corrected chi connectivity index (χ4v) is 7.05. The minimum atomic E-state index is -0.0574. The lowest BCUT2D eigenvalue weighted by Crippen LogP contribution is -2.27. The number of likely N-dealkylation sites (N-methyl/N-ethyl adjacent to an activating group) is 2. The van der Waals surface area contributed by atoms with Crippen LogP contribution in [0, 0.1) is 0 Å². The minimum Gasteiger partial charge on any atom is -0.293 e. The Hall–Kier alpha value is -2.52. The Morgan fingerprint density at radius 1 is 0.676 bits per heavy atom. The first-order valence-electron chi connectivity index (χ1n) is 10.9. The second kappa shape index (κ2) is 9.26. The van der Waals surface area contributed by atoms with Crippen molar-refractivity contribution in [3.8, 4) is 0 Å². The molecular formula is C26H20N2O2S4. The van der Waals surface area contributed by atoms with Crippen molar-refractivity contribution >= 4 is 102 Å². The molecule has 170 valence electrons. The van der Waals surface area contributed by atoms with Crippen LogP contribution < -0.4 is 0 Å². The highest BCUT2D eigenvalue weighted by molar-refractivity contribution is 8.27. The van der Waals surface area contributed by atoms with Gasteiger partial charge in [-0.05, 0) is 58.7 Å². The van der Waals surface area contributed by atoms with Crippen molar-refractivity contribution in [2.24, 2.45) is 0 Å². The molecular weight excluding hydrogens is 501 g/mol. The predicted octanol–water partition coefficient (Wildman–Crippen LogP) is 6.44. The molecule has 0 unspecified atom stereocenters. The number of thiocarbonyl (C=S) groups is 2. The average Bonchev–Trinajstić information content (AvgIpc) is 3.27. The molecule has 0 saturated carbocycles. The van der Waals surface area contributed by atoms with Gasteiger partial charge in [0.05, 0.1) is 9.81 Å². The number of carbonyl (C=O) groups excluding carboxylic acids is 2. The van der Waals surface area contributed by atoms with E-state index in [9.17, 15) is 9.59 Å². The van der Waals surface area contributed by atoms with E-state index >= 15 is 0 Å². The monoisotopic (exact) mass is 520 g/mol. The highest BCUT2D eigenvalue weighted by Crippen LogP contribution is 2.40. The summed E-state index contributed by atoms with van der Waals surface area (Å²) in [6, 6.07) is 16.2. The maximum atomic E-state index is 12.9. The maximum absolute atomic E-state index is 12.9. The molecule has 2 aliphatic heterocycles. The van der Waals surface area contributed by atoms with Crippen LogP contribution in [-0.4, -0.2) is 43.3 Å². The molecule has 4 nitrogen and oxygen atoms in total. The molecule has 5 rings (SSSR count). The second-order valence-corrected chi connectivity index (χ2v) is 11.1. The molecule has 0 aromatic heterocycles. The van der Waals surface area contributed by atoms with Gasteiger partial charge in [0.2, 0.25) is 0 Å². The number of nitrogens with zero attached hydrogens (tertiary/aromatic N) is 2. The summed E-state index contributed by atoms with van der Waals surface area (Å²) >= 11 is 13.5. The van der Waals surface area contributed by atoms with Crippen molar-refractivity contribution < 1.29 is 9.59 Å². The second-order valence-electron chi connectivity index (χ2n) is 7.77. The fourth-order valence-electron chi connectivity index (χ4n) is 4.31. The van der Waals surface area contributed by atoms with Gasteiger partial charge in [0.15, 0.2) is 0 Å². The minimum absolute atomic E-state index is 0.0574. The van der Waals surface area contributed by atoms with Gasteiger partial charge in [-0.1, -0.05) is 96.5 Å². The third-order valence-corrected chi connectivity index (χ3v) is 8.70. The van der Waals surface area contributed by atoms with Crippen LogP contribution in [-0.2, 0) is 9.59 Å². The zero-order chi connectivity index (χ0) is 24.0. The van der Waals surface area contributed by atoms with Crippen molar-refractivity contribution in [1.82, 2.24) is 9.80 Å². The summed E-state index contributed by atoms with van der Waals surface area (Å²) in [5, 5.41) is 4.06. The van der Waals surface area contributed by atoms with E-state index in [-0.39, 0.29) is 11.8 Å². The first-order chi connectivity index (χ1) is 16.4. The van der Waals surface area contributed by atoms with E-state index in [1.54, 1.807) is 9.80 Å². The molecule has 2 saturated heterocycles. The number of hydrogen-bond acceptors (Lipinski definition) is 6. The zero-order valence-corrected chi connectivity index (χ0v) is 21.8. The number of hydrogen-bond donors (Lipinski definition) is 0. The number of fused-ring (bicyclic) bond motifs is 2. The van der Waals surface area contributed by atoms with Crippen LogP contribution >= 0.6 is 48.0 Å². The van der Waals surface area contributed by atoms with Crippen LogP contribution in [0.25, 0.3) is 33.7 Å². The first kappa shape index (κ1) is 23.2. The van der Waals surface area contributed by atoms with Gasteiger partial charge in [-0.15, -0.1) is 0 Å². The molecule has 0 spiro atoms. The summed E-state index contributed by atoms with van der Waals surface area (Å²) in [4.78, 5) is 30.4. The van der Waals surface area contributed by atoms with Crippen molar-refractivity contribution in [3.05, 3.63) is 69.5 Å². The van der Waals surface area contributed by atoms with Crippen LogP contribution in [0.2, 0.25) is 0 Å². The van der Waals surface area contributed by atoms with Crippen LogP contribution in [0.1, 0.15) is 25.0 Å². The summed E-state index contributed by atoms with van der Waals surface area (Å²) in [7, 11) is 0. The highest BCUT2D eigenvalue weighted by Gasteiger charge is 2.32. The van der Waals surface area contributed by atoms with Crippen LogP contribution in [0.15, 0.2) is 58.3 Å². The van der Waals surface area contributed by atoms with Gasteiger partial charge >= 0.3 is 0 Å². The lowest BCUT2D eigenvalue weighted by molar-refractivity contribution is -0.122. The van der Waals surface area contributed by atoms with Crippen LogP contribution in [0.4, 0.5) is 0 Å². The predicted molar refractivity (Wildman–Crippen MR) is 153 cm³/mol. The molecule has 2 aliphatic rings. The van der Waals surface area contributed by atoms with Crippen molar-refractivity contribution in [2.45, 2.75) is 13.8 Å². The molecule has 34 heavy (non-hydrogen) atoms. The van der Waals surface area contributed by atoms with E-state index in [2.05, 4.69) is 24.3 Å². The van der Waals surface area contributed by atoms with Crippen LogP contribution in [0.5, 0.6) is 0 Å². The summed E-state index contributed by atoms with van der Waals surface area (Å²) in [5.74, 6) is -0.115. The van der Waals surface area contributed by atoms with Gasteiger partial charge in [-0.25, -0.2) is 0 Å². The van der Waals surface area contributed by atoms with Gasteiger partial charge in [0.1, 0.15) is 8.64 Å². The van der Waals surface area contributed by atoms with Crippen molar-refractivity contribution in [2.75, 3.05) is 13.1 Å². The third kappa shape index (κ3) is 3.79. The Labute approximate surface area is 217 Å². The van der Waals surface area contributed by atoms with E-state index in [1.807, 2.05) is 50.3 Å². The summed E-state index contributed by atoms with van der Waals surface area (Å²) in [6.07, 6.45) is 3.92.